The van der Waals surface area contributed by atoms with Crippen LogP contribution in [0.15, 0.2) is 0 Å². The number of rotatable bonds is 74. The Morgan fingerprint density at radius 2 is 0.489 bits per heavy atom. The molecule has 0 aromatic rings. The Bertz CT molecular complexity index is 1820. The molecule has 0 heterocycles. The highest BCUT2D eigenvalue weighted by Crippen LogP contribution is 2.45. The van der Waals surface area contributed by atoms with Crippen LogP contribution in [0, 0.1) is 11.8 Å². The van der Waals surface area contributed by atoms with Gasteiger partial charge in [0.1, 0.15) is 19.3 Å². The van der Waals surface area contributed by atoms with Gasteiger partial charge in [0.15, 0.2) is 12.2 Å². The van der Waals surface area contributed by atoms with Crippen molar-refractivity contribution in [2.24, 2.45) is 11.8 Å². The van der Waals surface area contributed by atoms with Crippen molar-refractivity contribution in [3.63, 3.8) is 0 Å². The summed E-state index contributed by atoms with van der Waals surface area (Å²) in [5.74, 6) is -0.539. The van der Waals surface area contributed by atoms with Gasteiger partial charge in [-0.15, -0.1) is 0 Å². The highest BCUT2D eigenvalue weighted by molar-refractivity contribution is 7.47. The predicted molar refractivity (Wildman–Crippen MR) is 381 cm³/mol. The minimum Gasteiger partial charge on any atom is -0.462 e. The molecule has 3 N–H and O–H groups in total. The van der Waals surface area contributed by atoms with Gasteiger partial charge in [0.05, 0.1) is 26.4 Å². The van der Waals surface area contributed by atoms with E-state index < -0.39 is 97.5 Å². The average Bonchev–Trinajstić information content (AvgIpc) is 1.77. The predicted octanol–water partition coefficient (Wildman–Crippen LogP) is 21.9. The van der Waals surface area contributed by atoms with Gasteiger partial charge in [0, 0.05) is 25.7 Å². The molecule has 0 aromatic carbocycles. The molecule has 17 nitrogen and oxygen atoms in total. The Hall–Kier alpha value is -1.94. The lowest BCUT2D eigenvalue weighted by Crippen LogP contribution is -2.30. The monoisotopic (exact) mass is 1380 g/mol. The molecular formula is C75H146O17P2. The van der Waals surface area contributed by atoms with Crippen LogP contribution in [-0.2, 0) is 65.4 Å². The molecule has 0 bridgehead atoms. The first-order chi connectivity index (χ1) is 45.4. The fourth-order valence-corrected chi connectivity index (χ4v) is 13.1. The van der Waals surface area contributed by atoms with E-state index in [-0.39, 0.29) is 25.7 Å². The van der Waals surface area contributed by atoms with Gasteiger partial charge in [-0.05, 0) is 37.5 Å². The molecule has 0 saturated carbocycles. The van der Waals surface area contributed by atoms with Crippen LogP contribution < -0.4 is 0 Å². The highest BCUT2D eigenvalue weighted by atomic mass is 31.2. The second-order valence-corrected chi connectivity index (χ2v) is 30.9. The van der Waals surface area contributed by atoms with E-state index in [4.69, 9.17) is 37.0 Å². The summed E-state index contributed by atoms with van der Waals surface area (Å²) in [6, 6.07) is 0. The van der Waals surface area contributed by atoms with Crippen LogP contribution in [0.5, 0.6) is 0 Å². The third kappa shape index (κ3) is 68.6. The van der Waals surface area contributed by atoms with Crippen LogP contribution >= 0.6 is 15.6 Å². The minimum absolute atomic E-state index is 0.107. The average molecular weight is 1380 g/mol. The molecule has 0 radical (unpaired) electrons. The van der Waals surface area contributed by atoms with E-state index in [1.807, 2.05) is 0 Å². The van der Waals surface area contributed by atoms with E-state index >= 15 is 0 Å². The van der Waals surface area contributed by atoms with Crippen molar-refractivity contribution in [1.29, 1.82) is 0 Å². The molecule has 2 unspecified atom stereocenters. The van der Waals surface area contributed by atoms with Crippen LogP contribution in [0.1, 0.15) is 388 Å². The van der Waals surface area contributed by atoms with E-state index in [0.29, 0.717) is 25.7 Å². The van der Waals surface area contributed by atoms with Gasteiger partial charge in [-0.25, -0.2) is 9.13 Å². The summed E-state index contributed by atoms with van der Waals surface area (Å²) in [4.78, 5) is 72.7. The first-order valence-electron chi connectivity index (χ1n) is 39.0. The van der Waals surface area contributed by atoms with Crippen molar-refractivity contribution in [3.8, 4) is 0 Å². The lowest BCUT2D eigenvalue weighted by molar-refractivity contribution is -0.161. The van der Waals surface area contributed by atoms with Crippen LogP contribution in [0.2, 0.25) is 0 Å². The molecule has 94 heavy (non-hydrogen) atoms. The molecule has 0 saturated heterocycles. The number of phosphoric acid groups is 2. The number of hydrogen-bond donors (Lipinski definition) is 3. The van der Waals surface area contributed by atoms with Crippen molar-refractivity contribution in [2.75, 3.05) is 39.6 Å². The van der Waals surface area contributed by atoms with E-state index in [1.165, 1.54) is 205 Å². The second-order valence-electron chi connectivity index (χ2n) is 28.0. The molecule has 0 aliphatic carbocycles. The summed E-state index contributed by atoms with van der Waals surface area (Å²) >= 11 is 0. The van der Waals surface area contributed by atoms with Crippen molar-refractivity contribution in [3.05, 3.63) is 0 Å². The van der Waals surface area contributed by atoms with Gasteiger partial charge in [-0.2, -0.15) is 0 Å². The summed E-state index contributed by atoms with van der Waals surface area (Å²) in [6.07, 6.45) is 54.1. The lowest BCUT2D eigenvalue weighted by atomic mass is 10.0. The number of aliphatic hydroxyl groups excluding tert-OH is 1. The van der Waals surface area contributed by atoms with Crippen molar-refractivity contribution in [2.45, 2.75) is 407 Å². The number of phosphoric ester groups is 2. The summed E-state index contributed by atoms with van der Waals surface area (Å²) in [6.45, 7) is 9.60. The first kappa shape index (κ1) is 92.1. The minimum atomic E-state index is -4.96. The Morgan fingerprint density at radius 3 is 0.723 bits per heavy atom. The molecule has 0 aliphatic heterocycles. The zero-order valence-corrected chi connectivity index (χ0v) is 63.1. The van der Waals surface area contributed by atoms with Gasteiger partial charge >= 0.3 is 39.5 Å². The third-order valence-electron chi connectivity index (χ3n) is 17.5. The van der Waals surface area contributed by atoms with Gasteiger partial charge in [-0.3, -0.25) is 37.3 Å². The van der Waals surface area contributed by atoms with E-state index in [1.54, 1.807) is 0 Å². The maximum Gasteiger partial charge on any atom is 0.472 e. The smallest absolute Gasteiger partial charge is 0.462 e. The summed E-state index contributed by atoms with van der Waals surface area (Å²) in [7, 11) is -9.90. The van der Waals surface area contributed by atoms with Crippen LogP contribution in [0.4, 0.5) is 0 Å². The van der Waals surface area contributed by atoms with Crippen LogP contribution in [-0.4, -0.2) is 96.7 Å². The number of esters is 4. The third-order valence-corrected chi connectivity index (χ3v) is 19.4. The molecule has 0 amide bonds. The SMILES string of the molecule is CCCCCCCCCCCCCC(=O)O[C@H](COC(=O)CCCCCCCCCCC)COP(=O)(O)OC[C@H](O)COP(=O)(O)OC[C@@H](COC(=O)CCCCCCCCCCCCC(C)C)OC(=O)CCCCCCCCCCCCCCCCCCCCC(C)C. The maximum absolute atomic E-state index is 13.1. The molecular weight excluding hydrogens is 1230 g/mol. The Kier molecular flexibility index (Phi) is 65.5. The largest absolute Gasteiger partial charge is 0.472 e. The molecule has 19 heteroatoms. The number of carbonyl (C=O) groups excluding carboxylic acids is 4. The van der Waals surface area contributed by atoms with Gasteiger partial charge in [-0.1, -0.05) is 337 Å². The molecule has 0 aliphatic rings. The Balaban J connectivity index is 5.18. The molecule has 0 aromatic heterocycles. The van der Waals surface area contributed by atoms with Gasteiger partial charge in [0.2, 0.25) is 0 Å². The number of aliphatic hydroxyl groups is 1. The quantitative estimate of drug-likeness (QED) is 0.0222. The van der Waals surface area contributed by atoms with E-state index in [9.17, 15) is 43.2 Å². The summed E-state index contributed by atoms with van der Waals surface area (Å²) in [5, 5.41) is 10.6. The zero-order valence-electron chi connectivity index (χ0n) is 61.3. The Labute approximate surface area is 575 Å². The fraction of sp³-hybridized carbons (Fsp3) is 0.947. The molecule has 0 rings (SSSR count). The topological polar surface area (TPSA) is 237 Å². The Morgan fingerprint density at radius 1 is 0.287 bits per heavy atom. The summed E-state index contributed by atoms with van der Waals surface area (Å²) < 4.78 is 68.4. The lowest BCUT2D eigenvalue weighted by Gasteiger charge is -2.21. The van der Waals surface area contributed by atoms with E-state index in [0.717, 1.165) is 102 Å². The standard InChI is InChI=1S/C75H146O17P2/c1-7-9-11-13-15-17-26-35-41-47-53-59-74(79)91-70(63-85-72(77)57-51-45-39-31-16-14-12-10-8-2)65-89-93(81,82)87-61-69(76)62-88-94(83,84)90-66-71(64-86-73(78)58-52-46-40-34-30-29-33-38-44-50-56-68(5)6)92-75(80)60-54-48-42-36-28-25-23-21-19-18-20-22-24-27-32-37-43-49-55-67(3)4/h67-71,76H,7-66H2,1-6H3,(H,81,82)(H,83,84)/t69-,70+,71+/m0/s1. The second kappa shape index (κ2) is 66.9. The number of ether oxygens (including phenoxy) is 4. The summed E-state index contributed by atoms with van der Waals surface area (Å²) in [5.41, 5.74) is 0. The molecule has 0 spiro atoms. The zero-order chi connectivity index (χ0) is 69.3. The van der Waals surface area contributed by atoms with Gasteiger partial charge < -0.3 is 33.8 Å². The molecule has 558 valence electrons. The van der Waals surface area contributed by atoms with Crippen molar-refractivity contribution in [1.82, 2.24) is 0 Å². The maximum atomic E-state index is 13.1. The first-order valence-corrected chi connectivity index (χ1v) is 42.0. The van der Waals surface area contributed by atoms with Crippen LogP contribution in [0.3, 0.4) is 0 Å². The number of carbonyl (C=O) groups is 4. The van der Waals surface area contributed by atoms with Gasteiger partial charge in [0.25, 0.3) is 0 Å². The molecule has 5 atom stereocenters. The number of hydrogen-bond acceptors (Lipinski definition) is 15. The highest BCUT2D eigenvalue weighted by Gasteiger charge is 2.30. The van der Waals surface area contributed by atoms with E-state index in [2.05, 4.69) is 41.5 Å². The normalized spacial score (nSPS) is 14.0. The van der Waals surface area contributed by atoms with Crippen molar-refractivity contribution >= 4 is 39.5 Å². The van der Waals surface area contributed by atoms with Crippen molar-refractivity contribution < 1.29 is 80.2 Å². The van der Waals surface area contributed by atoms with Crippen LogP contribution in [0.25, 0.3) is 0 Å². The molecule has 0 fully saturated rings. The fourth-order valence-electron chi connectivity index (χ4n) is 11.5. The number of unbranched alkanes of at least 4 members (excludes halogenated alkanes) is 44.